The molecule has 0 fully saturated rings. The lowest BCUT2D eigenvalue weighted by Crippen LogP contribution is -2.32. The molecule has 0 radical (unpaired) electrons. The van der Waals surface area contributed by atoms with E-state index >= 15 is 0 Å². The largest absolute Gasteiger partial charge is 0.339 e. The highest BCUT2D eigenvalue weighted by atomic mass is 16.2. The van der Waals surface area contributed by atoms with E-state index in [1.807, 2.05) is 52.0 Å². The van der Waals surface area contributed by atoms with E-state index in [-0.39, 0.29) is 11.9 Å². The molecule has 3 aromatic rings. The Kier molecular flexibility index (Phi) is 6.66. The number of rotatable bonds is 7. The maximum atomic E-state index is 12.5. The van der Waals surface area contributed by atoms with Crippen LogP contribution in [0.1, 0.15) is 35.3 Å². The molecular formula is C22H28N6O2. The Labute approximate surface area is 176 Å². The monoisotopic (exact) mass is 408 g/mol. The summed E-state index contributed by atoms with van der Waals surface area (Å²) in [6, 6.07) is 11.0. The fourth-order valence-corrected chi connectivity index (χ4v) is 3.41. The Morgan fingerprint density at radius 2 is 1.77 bits per heavy atom. The molecule has 0 aliphatic heterocycles. The molecular weight excluding hydrogens is 380 g/mol. The van der Waals surface area contributed by atoms with Crippen molar-refractivity contribution in [3.05, 3.63) is 53.1 Å². The molecule has 0 saturated heterocycles. The summed E-state index contributed by atoms with van der Waals surface area (Å²) in [6.07, 6.45) is 0. The van der Waals surface area contributed by atoms with Crippen LogP contribution in [-0.4, -0.2) is 51.5 Å². The van der Waals surface area contributed by atoms with Crippen LogP contribution in [0.15, 0.2) is 36.4 Å². The number of carbonyl (C=O) groups is 2. The van der Waals surface area contributed by atoms with Gasteiger partial charge in [-0.1, -0.05) is 23.4 Å². The Morgan fingerprint density at radius 1 is 1.07 bits per heavy atom. The van der Waals surface area contributed by atoms with Crippen molar-refractivity contribution in [2.75, 3.05) is 25.0 Å². The highest BCUT2D eigenvalue weighted by Crippen LogP contribution is 2.19. The molecule has 3 amide bonds. The quantitative estimate of drug-likeness (QED) is 0.627. The van der Waals surface area contributed by atoms with E-state index in [4.69, 9.17) is 0 Å². The first-order valence-corrected chi connectivity index (χ1v) is 10.2. The predicted octanol–water partition coefficient (Wildman–Crippen LogP) is 3.35. The molecule has 2 aromatic carbocycles. The van der Waals surface area contributed by atoms with Crippen LogP contribution in [0, 0.1) is 13.8 Å². The molecule has 2 N–H and O–H groups in total. The number of hydrogen-bond acceptors (Lipinski definition) is 4. The maximum Gasteiger partial charge on any atom is 0.319 e. The molecule has 8 heteroatoms. The van der Waals surface area contributed by atoms with E-state index < -0.39 is 0 Å². The van der Waals surface area contributed by atoms with Crippen LogP contribution < -0.4 is 10.6 Å². The van der Waals surface area contributed by atoms with Gasteiger partial charge in [0, 0.05) is 30.9 Å². The van der Waals surface area contributed by atoms with Crippen LogP contribution in [0.2, 0.25) is 0 Å². The number of aryl methyl sites for hydroxylation is 2. The number of para-hydroxylation sites is 1. The lowest BCUT2D eigenvalue weighted by molar-refractivity contribution is 0.0773. The van der Waals surface area contributed by atoms with Crippen LogP contribution in [0.4, 0.5) is 10.5 Å². The van der Waals surface area contributed by atoms with Gasteiger partial charge in [0.1, 0.15) is 5.52 Å². The smallest absolute Gasteiger partial charge is 0.319 e. The molecule has 30 heavy (non-hydrogen) atoms. The minimum absolute atomic E-state index is 0.0127. The van der Waals surface area contributed by atoms with Gasteiger partial charge >= 0.3 is 6.03 Å². The van der Waals surface area contributed by atoms with E-state index in [9.17, 15) is 9.59 Å². The fourth-order valence-electron chi connectivity index (χ4n) is 3.41. The summed E-state index contributed by atoms with van der Waals surface area (Å²) in [5.74, 6) is -0.0127. The van der Waals surface area contributed by atoms with Crippen molar-refractivity contribution in [2.45, 2.75) is 34.2 Å². The molecule has 0 aliphatic carbocycles. The molecule has 0 atom stereocenters. The van der Waals surface area contributed by atoms with Gasteiger partial charge in [0.25, 0.3) is 5.91 Å². The summed E-state index contributed by atoms with van der Waals surface area (Å²) < 4.78 is 1.72. The predicted molar refractivity (Wildman–Crippen MR) is 118 cm³/mol. The van der Waals surface area contributed by atoms with Gasteiger partial charge in [0.15, 0.2) is 0 Å². The van der Waals surface area contributed by atoms with E-state index in [0.29, 0.717) is 37.3 Å². The zero-order valence-corrected chi connectivity index (χ0v) is 17.9. The molecule has 158 valence electrons. The number of nitrogens with zero attached hydrogens (tertiary/aromatic N) is 4. The molecule has 0 unspecified atom stereocenters. The van der Waals surface area contributed by atoms with Crippen molar-refractivity contribution in [1.82, 2.24) is 25.2 Å². The number of hydrogen-bond donors (Lipinski definition) is 2. The van der Waals surface area contributed by atoms with Crippen molar-refractivity contribution in [2.24, 2.45) is 0 Å². The lowest BCUT2D eigenvalue weighted by Gasteiger charge is -2.18. The lowest BCUT2D eigenvalue weighted by atomic mass is 10.1. The molecule has 1 aromatic heterocycles. The number of benzene rings is 2. The van der Waals surface area contributed by atoms with Crippen LogP contribution >= 0.6 is 0 Å². The van der Waals surface area contributed by atoms with Gasteiger partial charge in [0.2, 0.25) is 0 Å². The standard InChI is InChI=1S/C22H28N6O2/c1-5-27(6-2)21(29)17-10-11-19-18(14-17)25-26-28(19)13-12-23-22(30)24-20-15(3)8-7-9-16(20)4/h7-11,14H,5-6,12-13H2,1-4H3,(H2,23,24,30). The Morgan fingerprint density at radius 3 is 2.43 bits per heavy atom. The first kappa shape index (κ1) is 21.3. The van der Waals surface area contributed by atoms with Gasteiger partial charge in [-0.25, -0.2) is 9.48 Å². The molecule has 0 saturated carbocycles. The van der Waals surface area contributed by atoms with Gasteiger partial charge in [-0.2, -0.15) is 0 Å². The number of urea groups is 1. The summed E-state index contributed by atoms with van der Waals surface area (Å²) >= 11 is 0. The third kappa shape index (κ3) is 4.59. The summed E-state index contributed by atoms with van der Waals surface area (Å²) in [7, 11) is 0. The SMILES string of the molecule is CCN(CC)C(=O)c1ccc2c(c1)nnn2CCNC(=O)Nc1c(C)cccc1C. The minimum atomic E-state index is -0.260. The summed E-state index contributed by atoms with van der Waals surface area (Å²) in [5, 5.41) is 14.1. The van der Waals surface area contributed by atoms with Gasteiger partial charge in [-0.15, -0.1) is 5.10 Å². The third-order valence-corrected chi connectivity index (χ3v) is 5.14. The second-order valence-corrected chi connectivity index (χ2v) is 7.14. The summed E-state index contributed by atoms with van der Waals surface area (Å²) in [4.78, 5) is 26.5. The number of fused-ring (bicyclic) bond motifs is 1. The van der Waals surface area contributed by atoms with Crippen molar-refractivity contribution in [3.63, 3.8) is 0 Å². The fraction of sp³-hybridized carbons (Fsp3) is 0.364. The van der Waals surface area contributed by atoms with Crippen LogP contribution in [0.3, 0.4) is 0 Å². The van der Waals surface area contributed by atoms with E-state index in [2.05, 4.69) is 20.9 Å². The Hall–Kier alpha value is -3.42. The van der Waals surface area contributed by atoms with E-state index in [1.54, 1.807) is 21.7 Å². The maximum absolute atomic E-state index is 12.5. The summed E-state index contributed by atoms with van der Waals surface area (Å²) in [6.45, 7) is 10.0. The normalized spacial score (nSPS) is 10.8. The Bertz CT molecular complexity index is 1030. The zero-order valence-electron chi connectivity index (χ0n) is 17.9. The molecule has 3 rings (SSSR count). The van der Waals surface area contributed by atoms with Gasteiger partial charge < -0.3 is 15.5 Å². The molecule has 1 heterocycles. The highest BCUT2D eigenvalue weighted by Gasteiger charge is 2.15. The average molecular weight is 409 g/mol. The van der Waals surface area contributed by atoms with Crippen molar-refractivity contribution >= 4 is 28.7 Å². The van der Waals surface area contributed by atoms with Crippen LogP contribution in [-0.2, 0) is 6.54 Å². The second-order valence-electron chi connectivity index (χ2n) is 7.14. The van der Waals surface area contributed by atoms with Crippen LogP contribution in [0.5, 0.6) is 0 Å². The van der Waals surface area contributed by atoms with Crippen molar-refractivity contribution in [1.29, 1.82) is 0 Å². The topological polar surface area (TPSA) is 92.2 Å². The number of amides is 3. The zero-order chi connectivity index (χ0) is 21.7. The third-order valence-electron chi connectivity index (χ3n) is 5.14. The average Bonchev–Trinajstić information content (AvgIpc) is 3.14. The number of aromatic nitrogens is 3. The van der Waals surface area contributed by atoms with Gasteiger partial charge in [0.05, 0.1) is 12.1 Å². The minimum Gasteiger partial charge on any atom is -0.339 e. The Balaban J connectivity index is 1.61. The first-order chi connectivity index (χ1) is 14.4. The first-order valence-electron chi connectivity index (χ1n) is 10.2. The van der Waals surface area contributed by atoms with Crippen molar-refractivity contribution < 1.29 is 9.59 Å². The number of nitrogens with one attached hydrogen (secondary N) is 2. The highest BCUT2D eigenvalue weighted by molar-refractivity contribution is 5.97. The second kappa shape index (κ2) is 9.39. The van der Waals surface area contributed by atoms with Gasteiger partial charge in [-0.3, -0.25) is 4.79 Å². The number of anilines is 1. The molecule has 0 spiro atoms. The van der Waals surface area contributed by atoms with E-state index in [1.165, 1.54) is 0 Å². The van der Waals surface area contributed by atoms with Crippen molar-refractivity contribution in [3.8, 4) is 0 Å². The number of carbonyl (C=O) groups excluding carboxylic acids is 2. The van der Waals surface area contributed by atoms with Gasteiger partial charge in [-0.05, 0) is 57.0 Å². The molecule has 0 aliphatic rings. The molecule has 0 bridgehead atoms. The van der Waals surface area contributed by atoms with E-state index in [0.717, 1.165) is 22.3 Å². The molecule has 8 nitrogen and oxygen atoms in total. The summed E-state index contributed by atoms with van der Waals surface area (Å²) in [5.41, 5.74) is 4.94. The van der Waals surface area contributed by atoms with Crippen LogP contribution in [0.25, 0.3) is 11.0 Å².